The Morgan fingerprint density at radius 3 is 3.07 bits per heavy atom. The Labute approximate surface area is 93.1 Å². The monoisotopic (exact) mass is 227 g/mol. The summed E-state index contributed by atoms with van der Waals surface area (Å²) in [5.41, 5.74) is -0.294. The van der Waals surface area contributed by atoms with Gasteiger partial charge in [-0.25, -0.2) is 4.98 Å². The van der Waals surface area contributed by atoms with Crippen molar-refractivity contribution >= 4 is 17.4 Å². The van der Waals surface area contributed by atoms with Crippen LogP contribution in [0, 0.1) is 5.92 Å². The molecule has 1 heterocycles. The van der Waals surface area contributed by atoms with Crippen LogP contribution >= 0.6 is 11.6 Å². The van der Waals surface area contributed by atoms with Gasteiger partial charge in [-0.1, -0.05) is 30.9 Å². The van der Waals surface area contributed by atoms with Crippen molar-refractivity contribution in [3.05, 3.63) is 21.7 Å². The molecule has 1 fully saturated rings. The number of anilines is 1. The maximum Gasteiger partial charge on any atom is 0.271 e. The molecule has 1 aromatic heterocycles. The number of aromatic nitrogens is 2. The van der Waals surface area contributed by atoms with Gasteiger partial charge in [0.1, 0.15) is 5.02 Å². The zero-order chi connectivity index (χ0) is 10.7. The van der Waals surface area contributed by atoms with Gasteiger partial charge in [0.05, 0.1) is 6.33 Å². The van der Waals surface area contributed by atoms with Crippen LogP contribution in [-0.2, 0) is 0 Å². The van der Waals surface area contributed by atoms with Crippen molar-refractivity contribution in [1.82, 2.24) is 9.97 Å². The van der Waals surface area contributed by atoms with E-state index in [1.165, 1.54) is 25.6 Å². The minimum absolute atomic E-state index is 0.145. The van der Waals surface area contributed by atoms with Crippen LogP contribution in [0.25, 0.3) is 0 Å². The minimum atomic E-state index is -0.294. The van der Waals surface area contributed by atoms with Crippen LogP contribution in [0.15, 0.2) is 11.1 Å². The molecule has 82 valence electrons. The number of H-pyrrole nitrogens is 1. The van der Waals surface area contributed by atoms with Crippen LogP contribution in [0.5, 0.6) is 0 Å². The van der Waals surface area contributed by atoms with E-state index in [2.05, 4.69) is 15.3 Å². The van der Waals surface area contributed by atoms with Crippen molar-refractivity contribution in [1.29, 1.82) is 0 Å². The summed E-state index contributed by atoms with van der Waals surface area (Å²) in [4.78, 5) is 17.5. The van der Waals surface area contributed by atoms with Crippen molar-refractivity contribution in [2.24, 2.45) is 5.92 Å². The predicted molar refractivity (Wildman–Crippen MR) is 60.3 cm³/mol. The Balaban J connectivity index is 1.87. The van der Waals surface area contributed by atoms with Crippen LogP contribution < -0.4 is 10.9 Å². The molecule has 0 amide bonds. The fourth-order valence-corrected chi connectivity index (χ4v) is 1.85. The predicted octanol–water partition coefficient (Wildman–Crippen LogP) is 2.03. The van der Waals surface area contributed by atoms with Gasteiger partial charge < -0.3 is 10.3 Å². The number of halogens is 1. The van der Waals surface area contributed by atoms with Crippen LogP contribution in [0.4, 0.5) is 5.82 Å². The second kappa shape index (κ2) is 4.66. The van der Waals surface area contributed by atoms with Crippen molar-refractivity contribution in [2.75, 3.05) is 11.9 Å². The Morgan fingerprint density at radius 2 is 2.40 bits per heavy atom. The molecule has 1 aliphatic carbocycles. The van der Waals surface area contributed by atoms with Crippen LogP contribution in [0.1, 0.15) is 25.7 Å². The summed E-state index contributed by atoms with van der Waals surface area (Å²) in [7, 11) is 0. The average molecular weight is 228 g/mol. The lowest BCUT2D eigenvalue weighted by Crippen LogP contribution is -2.17. The molecule has 1 aromatic rings. The number of nitrogens with zero attached hydrogens (tertiary/aromatic N) is 1. The number of nitrogens with one attached hydrogen (secondary N) is 2. The fourth-order valence-electron chi connectivity index (χ4n) is 1.68. The Kier molecular flexibility index (Phi) is 3.26. The van der Waals surface area contributed by atoms with Crippen molar-refractivity contribution in [2.45, 2.75) is 25.7 Å². The van der Waals surface area contributed by atoms with Crippen molar-refractivity contribution in [3.63, 3.8) is 0 Å². The second-order valence-corrected chi connectivity index (χ2v) is 4.28. The second-order valence-electron chi connectivity index (χ2n) is 3.91. The summed E-state index contributed by atoms with van der Waals surface area (Å²) >= 11 is 5.79. The molecule has 1 aliphatic rings. The lowest BCUT2D eigenvalue weighted by atomic mass is 9.83. The van der Waals surface area contributed by atoms with E-state index in [1.807, 2.05) is 0 Å². The number of rotatable bonds is 4. The Bertz CT molecular complexity index is 386. The standard InChI is InChI=1S/C10H14ClN3O/c11-8-9(13-6-14-10(8)15)12-5-4-7-2-1-3-7/h6-7H,1-5H2,(H2,12,13,14,15). The summed E-state index contributed by atoms with van der Waals surface area (Å²) in [6.45, 7) is 0.834. The highest BCUT2D eigenvalue weighted by Crippen LogP contribution is 2.29. The van der Waals surface area contributed by atoms with Gasteiger partial charge in [0, 0.05) is 6.54 Å². The summed E-state index contributed by atoms with van der Waals surface area (Å²) < 4.78 is 0. The third kappa shape index (κ3) is 2.50. The molecule has 4 nitrogen and oxygen atoms in total. The average Bonchev–Trinajstić information content (AvgIpc) is 2.16. The molecule has 2 rings (SSSR count). The highest BCUT2D eigenvalue weighted by molar-refractivity contribution is 6.32. The van der Waals surface area contributed by atoms with Crippen molar-refractivity contribution < 1.29 is 0 Å². The Hall–Kier alpha value is -1.03. The lowest BCUT2D eigenvalue weighted by Gasteiger charge is -2.25. The number of hydrogen-bond acceptors (Lipinski definition) is 3. The number of hydrogen-bond donors (Lipinski definition) is 2. The SMILES string of the molecule is O=c1[nH]cnc(NCCC2CCC2)c1Cl. The van der Waals surface area contributed by atoms with Gasteiger partial charge in [0.15, 0.2) is 5.82 Å². The van der Waals surface area contributed by atoms with Gasteiger partial charge in [-0.3, -0.25) is 4.79 Å². The molecule has 1 saturated carbocycles. The maximum absolute atomic E-state index is 11.1. The van der Waals surface area contributed by atoms with Crippen LogP contribution in [-0.4, -0.2) is 16.5 Å². The van der Waals surface area contributed by atoms with E-state index in [1.54, 1.807) is 0 Å². The van der Waals surface area contributed by atoms with Crippen molar-refractivity contribution in [3.8, 4) is 0 Å². The molecule has 0 aliphatic heterocycles. The normalized spacial score (nSPS) is 16.1. The van der Waals surface area contributed by atoms with E-state index in [0.717, 1.165) is 18.9 Å². The minimum Gasteiger partial charge on any atom is -0.369 e. The van der Waals surface area contributed by atoms with Crippen LogP contribution in [0.2, 0.25) is 5.02 Å². The van der Waals surface area contributed by atoms with Gasteiger partial charge in [0.2, 0.25) is 0 Å². The molecule has 0 unspecified atom stereocenters. The van der Waals surface area contributed by atoms with E-state index in [9.17, 15) is 4.79 Å². The molecular weight excluding hydrogens is 214 g/mol. The Morgan fingerprint density at radius 1 is 1.60 bits per heavy atom. The van der Waals surface area contributed by atoms with E-state index < -0.39 is 0 Å². The zero-order valence-electron chi connectivity index (χ0n) is 8.42. The molecule has 0 spiro atoms. The van der Waals surface area contributed by atoms with E-state index in [4.69, 9.17) is 11.6 Å². The largest absolute Gasteiger partial charge is 0.369 e. The third-order valence-electron chi connectivity index (χ3n) is 2.87. The quantitative estimate of drug-likeness (QED) is 0.828. The molecular formula is C10H14ClN3O. The first-order chi connectivity index (χ1) is 7.27. The molecule has 5 heteroatoms. The first-order valence-electron chi connectivity index (χ1n) is 5.24. The first kappa shape index (κ1) is 10.5. The molecule has 2 N–H and O–H groups in total. The summed E-state index contributed by atoms with van der Waals surface area (Å²) in [6.07, 6.45) is 6.51. The van der Waals surface area contributed by atoms with Gasteiger partial charge in [-0.2, -0.15) is 0 Å². The van der Waals surface area contributed by atoms with Gasteiger partial charge in [-0.15, -0.1) is 0 Å². The highest BCUT2D eigenvalue weighted by Gasteiger charge is 2.16. The number of aromatic amines is 1. The fraction of sp³-hybridized carbons (Fsp3) is 0.600. The molecule has 15 heavy (non-hydrogen) atoms. The highest BCUT2D eigenvalue weighted by atomic mass is 35.5. The molecule has 0 aromatic carbocycles. The molecule has 0 saturated heterocycles. The first-order valence-corrected chi connectivity index (χ1v) is 5.62. The lowest BCUT2D eigenvalue weighted by molar-refractivity contribution is 0.303. The van der Waals surface area contributed by atoms with Gasteiger partial charge in [0.25, 0.3) is 5.56 Å². The third-order valence-corrected chi connectivity index (χ3v) is 3.22. The molecule has 0 atom stereocenters. The molecule has 0 radical (unpaired) electrons. The van der Waals surface area contributed by atoms with Gasteiger partial charge in [-0.05, 0) is 12.3 Å². The van der Waals surface area contributed by atoms with Crippen LogP contribution in [0.3, 0.4) is 0 Å². The summed E-state index contributed by atoms with van der Waals surface area (Å²) in [5.74, 6) is 1.33. The maximum atomic E-state index is 11.1. The summed E-state index contributed by atoms with van der Waals surface area (Å²) in [6, 6.07) is 0. The smallest absolute Gasteiger partial charge is 0.271 e. The topological polar surface area (TPSA) is 57.8 Å². The van der Waals surface area contributed by atoms with E-state index in [0.29, 0.717) is 5.82 Å². The molecule has 0 bridgehead atoms. The van der Waals surface area contributed by atoms with E-state index >= 15 is 0 Å². The summed E-state index contributed by atoms with van der Waals surface area (Å²) in [5, 5.41) is 3.23. The van der Waals surface area contributed by atoms with E-state index in [-0.39, 0.29) is 10.6 Å². The zero-order valence-corrected chi connectivity index (χ0v) is 9.18. The van der Waals surface area contributed by atoms with Gasteiger partial charge >= 0.3 is 0 Å².